The number of hydrogen-bond donors (Lipinski definition) is 0. The van der Waals surface area contributed by atoms with Crippen molar-refractivity contribution in [2.75, 3.05) is 0 Å². The van der Waals surface area contributed by atoms with Gasteiger partial charge in [-0.25, -0.2) is 25.3 Å². The second-order valence-electron chi connectivity index (χ2n) is 8.38. The minimum atomic E-state index is -4.87. The highest BCUT2D eigenvalue weighted by atomic mass is 32.3. The molecule has 3 aromatic carbocycles. The molecule has 0 bridgehead atoms. The largest absolute Gasteiger partial charge is 0.275 e. The van der Waals surface area contributed by atoms with E-state index in [-0.39, 0.29) is 14.7 Å². The van der Waals surface area contributed by atoms with E-state index >= 15 is 0 Å². The summed E-state index contributed by atoms with van der Waals surface area (Å²) >= 11 is 0. The Labute approximate surface area is 196 Å². The molecule has 0 radical (unpaired) electrons. The van der Waals surface area contributed by atoms with Gasteiger partial charge in [-0.2, -0.15) is 0 Å². The quantitative estimate of drug-likeness (QED) is 0.496. The molecule has 0 amide bonds. The van der Waals surface area contributed by atoms with Gasteiger partial charge in [0.05, 0.1) is 14.7 Å². The number of hydrogen-bond acceptors (Lipinski definition) is 6. The van der Waals surface area contributed by atoms with Gasteiger partial charge in [0.2, 0.25) is 29.5 Å². The molecule has 0 aromatic heterocycles. The summed E-state index contributed by atoms with van der Waals surface area (Å²) in [5, 5.41) is 0. The molecule has 0 spiro atoms. The highest BCUT2D eigenvalue weighted by Gasteiger charge is 2.50. The molecule has 0 aliphatic heterocycles. The van der Waals surface area contributed by atoms with Gasteiger partial charge < -0.3 is 0 Å². The van der Waals surface area contributed by atoms with Crippen molar-refractivity contribution < 1.29 is 25.3 Å². The van der Waals surface area contributed by atoms with E-state index in [1.165, 1.54) is 48.5 Å². The SMILES string of the molecule is Cc1ccc(S(=O)(=O)C(S(=O)(=O)c2cc(C)cc(C)c2)S(=O)(=O)c2cc(C)cc(C)c2)cc1. The normalized spacial score (nSPS) is 12.8. The number of sulfone groups is 3. The van der Waals surface area contributed by atoms with Gasteiger partial charge in [-0.1, -0.05) is 29.8 Å². The lowest BCUT2D eigenvalue weighted by molar-refractivity contribution is 0.573. The molecule has 0 aliphatic rings. The van der Waals surface area contributed by atoms with Crippen LogP contribution in [0.2, 0.25) is 0 Å². The van der Waals surface area contributed by atoms with Crippen molar-refractivity contribution in [3.05, 3.63) is 88.5 Å². The van der Waals surface area contributed by atoms with Crippen LogP contribution in [0.25, 0.3) is 0 Å². The van der Waals surface area contributed by atoms with Crippen molar-refractivity contribution in [3.63, 3.8) is 0 Å². The maximum atomic E-state index is 13.8. The third-order valence-electron chi connectivity index (χ3n) is 5.16. The van der Waals surface area contributed by atoms with Crippen LogP contribution < -0.4 is 0 Å². The van der Waals surface area contributed by atoms with E-state index in [1.807, 2.05) is 0 Å². The smallest absolute Gasteiger partial charge is 0.221 e. The molecule has 0 N–H and O–H groups in total. The summed E-state index contributed by atoms with van der Waals surface area (Å²) in [5.74, 6) is 0. The van der Waals surface area contributed by atoms with Crippen molar-refractivity contribution in [3.8, 4) is 0 Å². The molecular weight excluding hydrogens is 480 g/mol. The van der Waals surface area contributed by atoms with E-state index in [1.54, 1.807) is 46.8 Å². The lowest BCUT2D eigenvalue weighted by atomic mass is 10.2. The van der Waals surface area contributed by atoms with Gasteiger partial charge in [0.25, 0.3) is 3.91 Å². The van der Waals surface area contributed by atoms with Crippen molar-refractivity contribution in [2.45, 2.75) is 53.2 Å². The Kier molecular flexibility index (Phi) is 6.63. The Morgan fingerprint density at radius 1 is 0.424 bits per heavy atom. The van der Waals surface area contributed by atoms with E-state index < -0.39 is 33.4 Å². The fraction of sp³-hybridized carbons (Fsp3) is 0.250. The van der Waals surface area contributed by atoms with Gasteiger partial charge in [0, 0.05) is 0 Å². The Balaban J connectivity index is 2.39. The third kappa shape index (κ3) is 4.90. The first-order valence-electron chi connectivity index (χ1n) is 10.1. The minimum Gasteiger partial charge on any atom is -0.221 e. The van der Waals surface area contributed by atoms with Crippen LogP contribution in [0.3, 0.4) is 0 Å². The average molecular weight is 507 g/mol. The maximum absolute atomic E-state index is 13.8. The Bertz CT molecular complexity index is 1410. The average Bonchev–Trinajstić information content (AvgIpc) is 2.66. The van der Waals surface area contributed by atoms with Crippen LogP contribution in [0.1, 0.15) is 27.8 Å². The molecule has 0 saturated heterocycles. The minimum absolute atomic E-state index is 0.353. The molecule has 3 aromatic rings. The van der Waals surface area contributed by atoms with Crippen molar-refractivity contribution in [1.82, 2.24) is 0 Å². The van der Waals surface area contributed by atoms with Crippen LogP contribution in [-0.2, 0) is 29.5 Å². The standard InChI is InChI=1S/C24H26O6S3/c1-16-6-8-21(9-7-16)31(25,26)24(32(27,28)22-12-17(2)10-18(3)13-22)33(29,30)23-14-19(4)11-20(5)15-23/h6-15,24H,1-5H3. The Morgan fingerprint density at radius 2 is 0.727 bits per heavy atom. The second kappa shape index (κ2) is 8.70. The van der Waals surface area contributed by atoms with E-state index in [0.717, 1.165) is 5.56 Å². The van der Waals surface area contributed by atoms with Gasteiger partial charge in [0.1, 0.15) is 0 Å². The zero-order chi connectivity index (χ0) is 24.8. The summed E-state index contributed by atoms with van der Waals surface area (Å²) in [6.45, 7) is 8.38. The maximum Gasteiger partial charge on any atom is 0.275 e. The first kappa shape index (κ1) is 25.1. The first-order chi connectivity index (χ1) is 15.2. The van der Waals surface area contributed by atoms with Gasteiger partial charge in [-0.15, -0.1) is 0 Å². The molecule has 0 aliphatic carbocycles. The fourth-order valence-corrected chi connectivity index (χ4v) is 12.3. The lowest BCUT2D eigenvalue weighted by Crippen LogP contribution is -2.38. The predicted molar refractivity (Wildman–Crippen MR) is 128 cm³/mol. The van der Waals surface area contributed by atoms with E-state index in [4.69, 9.17) is 0 Å². The Hall–Kier alpha value is -2.49. The summed E-state index contributed by atoms with van der Waals surface area (Å²) in [5.41, 5.74) is 3.04. The van der Waals surface area contributed by atoms with Crippen LogP contribution in [-0.4, -0.2) is 29.2 Å². The van der Waals surface area contributed by atoms with Crippen LogP contribution in [0, 0.1) is 34.6 Å². The molecule has 0 unspecified atom stereocenters. The van der Waals surface area contributed by atoms with Gasteiger partial charge in [-0.3, -0.25) is 0 Å². The molecule has 33 heavy (non-hydrogen) atoms. The van der Waals surface area contributed by atoms with Crippen molar-refractivity contribution in [2.24, 2.45) is 0 Å². The van der Waals surface area contributed by atoms with E-state index in [9.17, 15) is 25.3 Å². The molecule has 3 rings (SSSR count). The molecular formula is C24H26O6S3. The summed E-state index contributed by atoms with van der Waals surface area (Å²) < 4.78 is 79.6. The number of aryl methyl sites for hydroxylation is 5. The Morgan fingerprint density at radius 3 is 1.06 bits per heavy atom. The van der Waals surface area contributed by atoms with Crippen LogP contribution >= 0.6 is 0 Å². The van der Waals surface area contributed by atoms with Gasteiger partial charge >= 0.3 is 0 Å². The zero-order valence-corrected chi connectivity index (χ0v) is 21.5. The van der Waals surface area contributed by atoms with Crippen LogP contribution in [0.5, 0.6) is 0 Å². The molecule has 9 heteroatoms. The summed E-state index contributed by atoms with van der Waals surface area (Å²) in [6, 6.07) is 14.1. The number of benzene rings is 3. The number of rotatable bonds is 6. The van der Waals surface area contributed by atoms with Crippen molar-refractivity contribution >= 4 is 29.5 Å². The fourth-order valence-electron chi connectivity index (χ4n) is 3.76. The van der Waals surface area contributed by atoms with Gasteiger partial charge in [-0.05, 0) is 93.3 Å². The van der Waals surface area contributed by atoms with E-state index in [0.29, 0.717) is 22.3 Å². The molecule has 176 valence electrons. The van der Waals surface area contributed by atoms with Crippen molar-refractivity contribution in [1.29, 1.82) is 0 Å². The zero-order valence-electron chi connectivity index (χ0n) is 19.0. The monoisotopic (exact) mass is 506 g/mol. The van der Waals surface area contributed by atoms with Crippen LogP contribution in [0.15, 0.2) is 75.4 Å². The molecule has 0 atom stereocenters. The molecule has 6 nitrogen and oxygen atoms in total. The van der Waals surface area contributed by atoms with E-state index in [2.05, 4.69) is 0 Å². The highest BCUT2D eigenvalue weighted by Crippen LogP contribution is 2.34. The van der Waals surface area contributed by atoms with Gasteiger partial charge in [0.15, 0.2) is 0 Å². The topological polar surface area (TPSA) is 102 Å². The predicted octanol–water partition coefficient (Wildman–Crippen LogP) is 4.23. The highest BCUT2D eigenvalue weighted by molar-refractivity contribution is 8.24. The first-order valence-corrected chi connectivity index (χ1v) is 14.7. The lowest BCUT2D eigenvalue weighted by Gasteiger charge is -2.20. The second-order valence-corrected chi connectivity index (χ2v) is 15.4. The summed E-state index contributed by atoms with van der Waals surface area (Å²) in [4.78, 5) is -1.08. The molecule has 0 heterocycles. The molecule has 0 saturated carbocycles. The summed E-state index contributed by atoms with van der Waals surface area (Å²) in [7, 11) is -14.6. The third-order valence-corrected chi connectivity index (χ3v) is 14.0. The molecule has 0 fully saturated rings. The van der Waals surface area contributed by atoms with Crippen LogP contribution in [0.4, 0.5) is 0 Å². The summed E-state index contributed by atoms with van der Waals surface area (Å²) in [6.07, 6.45) is 0.